The molecular weight excluding hydrogens is 366 g/mol. The molecule has 7 atom stereocenters. The van der Waals surface area contributed by atoms with Gasteiger partial charge in [0.2, 0.25) is 5.88 Å². The van der Waals surface area contributed by atoms with E-state index in [1.807, 2.05) is 18.3 Å². The quantitative estimate of drug-likeness (QED) is 0.637. The van der Waals surface area contributed by atoms with E-state index < -0.39 is 0 Å². The van der Waals surface area contributed by atoms with Crippen molar-refractivity contribution in [3.05, 3.63) is 22.0 Å². The summed E-state index contributed by atoms with van der Waals surface area (Å²) in [4.78, 5) is 4.87. The van der Waals surface area contributed by atoms with E-state index in [1.54, 1.807) is 5.57 Å². The first-order valence-electron chi connectivity index (χ1n) is 11.4. The van der Waals surface area contributed by atoms with E-state index in [2.05, 4.69) is 25.3 Å². The van der Waals surface area contributed by atoms with Crippen molar-refractivity contribution in [3.8, 4) is 5.88 Å². The van der Waals surface area contributed by atoms with E-state index >= 15 is 0 Å². The van der Waals surface area contributed by atoms with E-state index in [4.69, 9.17) is 9.72 Å². The molecule has 0 saturated heterocycles. The fourth-order valence-corrected chi connectivity index (χ4v) is 8.73. The molecule has 0 radical (unpaired) electrons. The van der Waals surface area contributed by atoms with Crippen LogP contribution in [0.4, 0.5) is 0 Å². The van der Waals surface area contributed by atoms with Crippen LogP contribution in [-0.4, -0.2) is 22.8 Å². The van der Waals surface area contributed by atoms with Crippen LogP contribution in [0.25, 0.3) is 0 Å². The van der Waals surface area contributed by atoms with Gasteiger partial charge in [-0.3, -0.25) is 0 Å². The largest absolute Gasteiger partial charge is 0.477 e. The monoisotopic (exact) mass is 401 g/mol. The van der Waals surface area contributed by atoms with Gasteiger partial charge in [-0.2, -0.15) is 0 Å². The van der Waals surface area contributed by atoms with E-state index in [1.165, 1.54) is 43.5 Å². The van der Waals surface area contributed by atoms with Crippen molar-refractivity contribution in [2.45, 2.75) is 84.2 Å². The average molecular weight is 402 g/mol. The number of aliphatic hydroxyl groups is 1. The average Bonchev–Trinajstić information content (AvgIpc) is 3.26. The van der Waals surface area contributed by atoms with Gasteiger partial charge in [-0.05, 0) is 86.9 Å². The molecule has 154 valence electrons. The van der Waals surface area contributed by atoms with E-state index in [9.17, 15) is 5.11 Å². The summed E-state index contributed by atoms with van der Waals surface area (Å²) in [5.41, 5.74) is 2.30. The number of hydrogen-bond donors (Lipinski definition) is 1. The number of thiazole rings is 1. The lowest BCUT2D eigenvalue weighted by molar-refractivity contribution is -0.0409. The van der Waals surface area contributed by atoms with Crippen molar-refractivity contribution in [2.75, 3.05) is 6.61 Å². The molecule has 5 rings (SSSR count). The zero-order valence-corrected chi connectivity index (χ0v) is 18.4. The van der Waals surface area contributed by atoms with Gasteiger partial charge < -0.3 is 9.84 Å². The first-order chi connectivity index (χ1) is 13.5. The van der Waals surface area contributed by atoms with E-state index in [0.29, 0.717) is 23.4 Å². The molecule has 0 amide bonds. The van der Waals surface area contributed by atoms with Crippen LogP contribution in [0.1, 0.15) is 83.1 Å². The van der Waals surface area contributed by atoms with Crippen LogP contribution in [0.2, 0.25) is 0 Å². The predicted octanol–water partition coefficient (Wildman–Crippen LogP) is 5.95. The van der Waals surface area contributed by atoms with Crippen molar-refractivity contribution >= 4 is 11.3 Å². The molecule has 0 bridgehead atoms. The molecule has 1 aromatic rings. The van der Waals surface area contributed by atoms with Crippen LogP contribution in [-0.2, 0) is 0 Å². The summed E-state index contributed by atoms with van der Waals surface area (Å²) in [6.07, 6.45) is 12.1. The van der Waals surface area contributed by atoms with Crippen molar-refractivity contribution < 1.29 is 9.84 Å². The smallest absolute Gasteiger partial charge is 0.224 e. The first-order valence-corrected chi connectivity index (χ1v) is 12.3. The molecule has 3 nitrogen and oxygen atoms in total. The normalized spacial score (nSPS) is 45.0. The zero-order chi connectivity index (χ0) is 19.5. The minimum Gasteiger partial charge on any atom is -0.477 e. The van der Waals surface area contributed by atoms with Gasteiger partial charge in [0.15, 0.2) is 0 Å². The number of nitrogens with zero attached hydrogens (tertiary/aromatic N) is 1. The third-order valence-electron chi connectivity index (χ3n) is 9.17. The topological polar surface area (TPSA) is 42.4 Å². The van der Waals surface area contributed by atoms with Gasteiger partial charge >= 0.3 is 0 Å². The molecule has 3 fully saturated rings. The summed E-state index contributed by atoms with van der Waals surface area (Å²) in [5.74, 6) is 3.87. The molecule has 2 unspecified atom stereocenters. The zero-order valence-electron chi connectivity index (χ0n) is 17.6. The lowest BCUT2D eigenvalue weighted by Crippen LogP contribution is -2.50. The van der Waals surface area contributed by atoms with Crippen molar-refractivity contribution in [1.29, 1.82) is 0 Å². The molecular formula is C24H35NO2S. The number of aliphatic hydroxyl groups excluding tert-OH is 1. The van der Waals surface area contributed by atoms with Gasteiger partial charge in [-0.1, -0.05) is 25.5 Å². The molecule has 4 aliphatic rings. The molecule has 28 heavy (non-hydrogen) atoms. The molecule has 4 heteroatoms. The Morgan fingerprint density at radius 3 is 2.86 bits per heavy atom. The minimum absolute atomic E-state index is 0.106. The number of aromatic nitrogens is 1. The Morgan fingerprint density at radius 1 is 1.18 bits per heavy atom. The second kappa shape index (κ2) is 6.84. The Labute approximate surface area is 173 Å². The summed E-state index contributed by atoms with van der Waals surface area (Å²) < 4.78 is 5.65. The molecule has 0 aromatic carbocycles. The Bertz CT molecular complexity index is 772. The lowest BCUT2D eigenvalue weighted by Gasteiger charge is -2.58. The fourth-order valence-electron chi connectivity index (χ4n) is 7.69. The maximum Gasteiger partial charge on any atom is 0.224 e. The van der Waals surface area contributed by atoms with E-state index in [0.717, 1.165) is 36.5 Å². The Morgan fingerprint density at radius 2 is 2.04 bits per heavy atom. The second-order valence-electron chi connectivity index (χ2n) is 10.3. The highest BCUT2D eigenvalue weighted by Gasteiger charge is 2.59. The maximum absolute atomic E-state index is 10.2. The molecule has 1 aromatic heterocycles. The van der Waals surface area contributed by atoms with Gasteiger partial charge in [0.25, 0.3) is 0 Å². The van der Waals surface area contributed by atoms with Crippen LogP contribution < -0.4 is 4.74 Å². The highest BCUT2D eigenvalue weighted by atomic mass is 32.1. The van der Waals surface area contributed by atoms with E-state index in [-0.39, 0.29) is 6.10 Å². The standard InChI is InChI=1S/C24H35NO2S/c1-4-27-21-14-28-22(25-21)20-8-7-18-17-6-5-15-13-16(26)9-11-23(15,2)19(17)10-12-24(18,20)3/h5,14,16-20,26H,4,6-13H2,1-3H3/t16-,17-,18?,19?,20+,23-,24-/m0/s1. The molecule has 1 N–H and O–H groups in total. The second-order valence-corrected chi connectivity index (χ2v) is 11.2. The fraction of sp³-hybridized carbons (Fsp3) is 0.792. The molecule has 0 spiro atoms. The molecule has 0 aliphatic heterocycles. The van der Waals surface area contributed by atoms with Gasteiger partial charge in [0.1, 0.15) is 5.01 Å². The summed E-state index contributed by atoms with van der Waals surface area (Å²) in [5, 5.41) is 13.6. The lowest BCUT2D eigenvalue weighted by atomic mass is 9.47. The predicted molar refractivity (Wildman–Crippen MR) is 114 cm³/mol. The number of allylic oxidation sites excluding steroid dienone is 1. The van der Waals surface area contributed by atoms with Crippen LogP contribution in [0.3, 0.4) is 0 Å². The van der Waals surface area contributed by atoms with Crippen LogP contribution >= 0.6 is 11.3 Å². The summed E-state index contributed by atoms with van der Waals surface area (Å²) >= 11 is 1.81. The number of ether oxygens (including phenoxy) is 1. The Hall–Kier alpha value is -0.870. The van der Waals surface area contributed by atoms with Crippen molar-refractivity contribution in [3.63, 3.8) is 0 Å². The molecule has 3 saturated carbocycles. The first kappa shape index (κ1) is 19.1. The highest BCUT2D eigenvalue weighted by Crippen LogP contribution is 2.68. The number of fused-ring (bicyclic) bond motifs is 5. The third-order valence-corrected chi connectivity index (χ3v) is 10.1. The minimum atomic E-state index is -0.106. The molecule has 4 aliphatic carbocycles. The van der Waals surface area contributed by atoms with Gasteiger partial charge in [-0.15, -0.1) is 11.3 Å². The third kappa shape index (κ3) is 2.74. The summed E-state index contributed by atoms with van der Waals surface area (Å²) in [6, 6.07) is 0. The van der Waals surface area contributed by atoms with Gasteiger partial charge in [0.05, 0.1) is 18.1 Å². The van der Waals surface area contributed by atoms with Crippen LogP contribution in [0, 0.1) is 28.6 Å². The summed E-state index contributed by atoms with van der Waals surface area (Å²) in [7, 11) is 0. The van der Waals surface area contributed by atoms with Crippen LogP contribution in [0.5, 0.6) is 5.88 Å². The Balaban J connectivity index is 1.42. The molecule has 1 heterocycles. The van der Waals surface area contributed by atoms with Crippen LogP contribution in [0.15, 0.2) is 17.0 Å². The van der Waals surface area contributed by atoms with Crippen molar-refractivity contribution in [2.24, 2.45) is 28.6 Å². The van der Waals surface area contributed by atoms with Gasteiger partial charge in [0, 0.05) is 5.92 Å². The summed E-state index contributed by atoms with van der Waals surface area (Å²) in [6.45, 7) is 7.81. The maximum atomic E-state index is 10.2. The SMILES string of the molecule is CCOc1csc([C@H]2CCC3[C@@H]4CC=C5C[C@@H](O)CC[C@]5(C)C4CC[C@@]32C)n1. The van der Waals surface area contributed by atoms with Crippen molar-refractivity contribution in [1.82, 2.24) is 4.98 Å². The van der Waals surface area contributed by atoms with Gasteiger partial charge in [-0.25, -0.2) is 4.98 Å². The highest BCUT2D eigenvalue weighted by molar-refractivity contribution is 7.09. The number of rotatable bonds is 3. The Kier molecular flexibility index (Phi) is 4.67. The number of hydrogen-bond acceptors (Lipinski definition) is 4.